The Balaban J connectivity index is 2.09. The van der Waals surface area contributed by atoms with Crippen molar-refractivity contribution in [1.82, 2.24) is 10.3 Å². The molecule has 2 N–H and O–H groups in total. The first-order valence-corrected chi connectivity index (χ1v) is 10.3. The average Bonchev–Trinajstić information content (AvgIpc) is 3.08. The monoisotopic (exact) mass is 523 g/mol. The van der Waals surface area contributed by atoms with Crippen LogP contribution in [-0.2, 0) is 9.53 Å². The zero-order valence-electron chi connectivity index (χ0n) is 18.9. The fourth-order valence-corrected chi connectivity index (χ4v) is 4.17. The van der Waals surface area contributed by atoms with E-state index >= 15 is 0 Å². The summed E-state index contributed by atoms with van der Waals surface area (Å²) in [7, 11) is 1.09. The van der Waals surface area contributed by atoms with Gasteiger partial charge >= 0.3 is 18.8 Å². The van der Waals surface area contributed by atoms with Gasteiger partial charge in [0.15, 0.2) is 11.6 Å². The van der Waals surface area contributed by atoms with Crippen molar-refractivity contribution in [3.8, 4) is 5.75 Å². The lowest BCUT2D eigenvalue weighted by atomic mass is 9.76. The third-order valence-electron chi connectivity index (χ3n) is 6.20. The lowest BCUT2D eigenvalue weighted by Crippen LogP contribution is -2.56. The highest BCUT2D eigenvalue weighted by Gasteiger charge is 2.64. The Morgan fingerprint density at radius 1 is 1.19 bits per heavy atom. The molecule has 1 aromatic carbocycles. The Morgan fingerprint density at radius 2 is 1.86 bits per heavy atom. The summed E-state index contributed by atoms with van der Waals surface area (Å²) in [5.41, 5.74) is -3.55. The molecule has 1 fully saturated rings. The van der Waals surface area contributed by atoms with Crippen LogP contribution in [0.15, 0.2) is 30.5 Å². The minimum absolute atomic E-state index is 0.0430. The molecule has 1 aromatic heterocycles. The summed E-state index contributed by atoms with van der Waals surface area (Å²) in [6, 6.07) is 1.90. The number of nitrogens with zero attached hydrogens (tertiary/aromatic N) is 1. The molecule has 0 spiro atoms. The molecule has 1 aliphatic heterocycles. The number of carbonyl (C=O) groups excluding carboxylic acids is 2. The standard InChI is InChI=1S/C22H20F7N3O4/c1-9-14(11-4-5-12(23)15(24)17(11)36-20(25)26)16(32-21(9,2)22(27,28)29)18(33)31-10-6-7-30-13(8-10)19(34)35-3/h4-9,14,16,20,32H,1-3H3,(H,30,31,33)/t9-,14-,16+,21+/m0/s1. The molecule has 3 rings (SSSR count). The van der Waals surface area contributed by atoms with Gasteiger partial charge in [-0.05, 0) is 31.0 Å². The van der Waals surface area contributed by atoms with Crippen molar-refractivity contribution in [2.45, 2.75) is 44.1 Å². The lowest BCUT2D eigenvalue weighted by Gasteiger charge is -2.33. The van der Waals surface area contributed by atoms with E-state index in [1.165, 1.54) is 6.07 Å². The predicted octanol–water partition coefficient (Wildman–Crippen LogP) is 4.40. The van der Waals surface area contributed by atoms with Gasteiger partial charge < -0.3 is 14.8 Å². The molecule has 0 bridgehead atoms. The average molecular weight is 523 g/mol. The van der Waals surface area contributed by atoms with Crippen LogP contribution in [0.1, 0.15) is 35.8 Å². The van der Waals surface area contributed by atoms with E-state index in [2.05, 4.69) is 25.1 Å². The topological polar surface area (TPSA) is 89.5 Å². The second-order valence-electron chi connectivity index (χ2n) is 8.21. The summed E-state index contributed by atoms with van der Waals surface area (Å²) in [5, 5.41) is 4.51. The van der Waals surface area contributed by atoms with Crippen LogP contribution in [0, 0.1) is 17.6 Å². The maximum absolute atomic E-state index is 14.4. The number of esters is 1. The molecule has 1 saturated heterocycles. The molecule has 0 radical (unpaired) electrons. The lowest BCUT2D eigenvalue weighted by molar-refractivity contribution is -0.198. The largest absolute Gasteiger partial charge is 0.464 e. The highest BCUT2D eigenvalue weighted by molar-refractivity contribution is 5.97. The van der Waals surface area contributed by atoms with Crippen molar-refractivity contribution < 1.29 is 49.8 Å². The Morgan fingerprint density at radius 3 is 2.44 bits per heavy atom. The number of methoxy groups -OCH3 is 1. The van der Waals surface area contributed by atoms with Gasteiger partial charge in [-0.3, -0.25) is 10.1 Å². The second-order valence-corrected chi connectivity index (χ2v) is 8.21. The van der Waals surface area contributed by atoms with E-state index < -0.39 is 71.0 Å². The number of halogens is 7. The first-order valence-electron chi connectivity index (χ1n) is 10.3. The highest BCUT2D eigenvalue weighted by atomic mass is 19.4. The Labute approximate surface area is 200 Å². The second kappa shape index (κ2) is 9.91. The van der Waals surface area contributed by atoms with Gasteiger partial charge in [-0.15, -0.1) is 0 Å². The normalized spacial score (nSPS) is 24.0. The number of pyridine rings is 1. The van der Waals surface area contributed by atoms with Crippen LogP contribution < -0.4 is 15.4 Å². The molecule has 1 amide bonds. The van der Waals surface area contributed by atoms with E-state index in [1.54, 1.807) is 0 Å². The molecule has 2 aromatic rings. The number of hydrogen-bond acceptors (Lipinski definition) is 6. The van der Waals surface area contributed by atoms with Crippen molar-refractivity contribution in [2.24, 2.45) is 5.92 Å². The third kappa shape index (κ3) is 4.94. The van der Waals surface area contributed by atoms with Crippen LogP contribution in [-0.4, -0.2) is 48.3 Å². The van der Waals surface area contributed by atoms with Crippen molar-refractivity contribution in [3.05, 3.63) is 53.4 Å². The number of alkyl halides is 5. The van der Waals surface area contributed by atoms with Crippen molar-refractivity contribution in [2.75, 3.05) is 12.4 Å². The van der Waals surface area contributed by atoms with Crippen LogP contribution >= 0.6 is 0 Å². The molecule has 2 heterocycles. The summed E-state index contributed by atoms with van der Waals surface area (Å²) in [6.07, 6.45) is -3.80. The molecule has 0 aliphatic carbocycles. The number of amides is 1. The van der Waals surface area contributed by atoms with Crippen LogP contribution in [0.4, 0.5) is 36.4 Å². The molecule has 0 unspecified atom stereocenters. The van der Waals surface area contributed by atoms with Gasteiger partial charge in [-0.1, -0.05) is 13.0 Å². The predicted molar refractivity (Wildman–Crippen MR) is 110 cm³/mol. The van der Waals surface area contributed by atoms with E-state index in [0.717, 1.165) is 39.3 Å². The SMILES string of the molecule is COC(=O)c1cc(NC(=O)[C@@H]2N[C@@](C)(C(F)(F)F)[C@@H](C)[C@H]2c2ccc(F)c(F)c2OC(F)F)ccn1. The van der Waals surface area contributed by atoms with E-state index in [0.29, 0.717) is 6.07 Å². The maximum Gasteiger partial charge on any atom is 0.406 e. The number of hydrogen-bond donors (Lipinski definition) is 2. The number of benzene rings is 1. The van der Waals surface area contributed by atoms with Crippen molar-refractivity contribution >= 4 is 17.6 Å². The molecular weight excluding hydrogens is 503 g/mol. The Hall–Kier alpha value is -3.42. The molecule has 14 heteroatoms. The molecule has 36 heavy (non-hydrogen) atoms. The molecule has 1 aliphatic rings. The summed E-state index contributed by atoms with van der Waals surface area (Å²) in [6.45, 7) is -1.78. The maximum atomic E-state index is 14.4. The third-order valence-corrected chi connectivity index (χ3v) is 6.20. The van der Waals surface area contributed by atoms with Gasteiger partial charge in [0.05, 0.1) is 13.2 Å². The van der Waals surface area contributed by atoms with Gasteiger partial charge in [0.25, 0.3) is 0 Å². The summed E-state index contributed by atoms with van der Waals surface area (Å²) in [4.78, 5) is 28.6. The molecule has 7 nitrogen and oxygen atoms in total. The van der Waals surface area contributed by atoms with Gasteiger partial charge in [0.1, 0.15) is 11.2 Å². The minimum Gasteiger partial charge on any atom is -0.464 e. The Bertz CT molecular complexity index is 1160. The van der Waals surface area contributed by atoms with Gasteiger partial charge in [0.2, 0.25) is 11.7 Å². The van der Waals surface area contributed by atoms with Crippen LogP contribution in [0.3, 0.4) is 0 Å². The van der Waals surface area contributed by atoms with Crippen LogP contribution in [0.25, 0.3) is 0 Å². The van der Waals surface area contributed by atoms with Gasteiger partial charge in [0, 0.05) is 23.4 Å². The smallest absolute Gasteiger partial charge is 0.406 e. The number of nitrogens with one attached hydrogen (secondary N) is 2. The highest BCUT2D eigenvalue weighted by Crippen LogP contribution is 2.51. The van der Waals surface area contributed by atoms with Crippen LogP contribution in [0.5, 0.6) is 5.75 Å². The van der Waals surface area contributed by atoms with Crippen LogP contribution in [0.2, 0.25) is 0 Å². The van der Waals surface area contributed by atoms with E-state index in [4.69, 9.17) is 0 Å². The number of anilines is 1. The summed E-state index contributed by atoms with van der Waals surface area (Å²) < 4.78 is 105. The van der Waals surface area contributed by atoms with E-state index in [-0.39, 0.29) is 11.4 Å². The van der Waals surface area contributed by atoms with E-state index in [1.807, 2.05) is 0 Å². The number of carbonyl (C=O) groups is 2. The number of ether oxygens (including phenoxy) is 2. The molecule has 0 saturated carbocycles. The zero-order chi connectivity index (χ0) is 27.0. The zero-order valence-corrected chi connectivity index (χ0v) is 18.9. The molecule has 196 valence electrons. The van der Waals surface area contributed by atoms with Crippen molar-refractivity contribution in [1.29, 1.82) is 0 Å². The van der Waals surface area contributed by atoms with Gasteiger partial charge in [-0.2, -0.15) is 26.3 Å². The molecule has 4 atom stereocenters. The fraction of sp³-hybridized carbons (Fsp3) is 0.409. The number of rotatable bonds is 6. The summed E-state index contributed by atoms with van der Waals surface area (Å²) in [5.74, 6) is -9.77. The first kappa shape index (κ1) is 27.2. The number of aromatic nitrogens is 1. The quantitative estimate of drug-likeness (QED) is 0.431. The van der Waals surface area contributed by atoms with E-state index in [9.17, 15) is 40.3 Å². The first-order chi connectivity index (χ1) is 16.7. The van der Waals surface area contributed by atoms with Crippen molar-refractivity contribution in [3.63, 3.8) is 0 Å². The Kier molecular flexibility index (Phi) is 7.48. The minimum atomic E-state index is -4.93. The molecular formula is C22H20F7N3O4. The summed E-state index contributed by atoms with van der Waals surface area (Å²) >= 11 is 0. The van der Waals surface area contributed by atoms with Gasteiger partial charge in [-0.25, -0.2) is 14.2 Å². The fourth-order valence-electron chi connectivity index (χ4n) is 4.17.